The highest BCUT2D eigenvalue weighted by atomic mass is 16.4. The van der Waals surface area contributed by atoms with Crippen LogP contribution in [0.15, 0.2) is 12.2 Å². The van der Waals surface area contributed by atoms with Crippen LogP contribution in [0.1, 0.15) is 39.0 Å². The molecule has 0 aliphatic heterocycles. The number of hydrogen-bond donors (Lipinski definition) is 3. The first-order chi connectivity index (χ1) is 9.60. The van der Waals surface area contributed by atoms with E-state index in [0.717, 1.165) is 12.8 Å². The highest BCUT2D eigenvalue weighted by Crippen LogP contribution is 2.26. The zero-order valence-corrected chi connectivity index (χ0v) is 12.0. The minimum Gasteiger partial charge on any atom is -0.481 e. The van der Waals surface area contributed by atoms with Crippen molar-refractivity contribution in [3.63, 3.8) is 0 Å². The zero-order valence-electron chi connectivity index (χ0n) is 12.0. The Bertz CT molecular complexity index is 348. The number of hydrogen-bond acceptors (Lipinski definition) is 3. The van der Waals surface area contributed by atoms with Gasteiger partial charge in [0.25, 0.3) is 0 Å². The SMILES string of the molecule is CCCC(CCO)CNC(=O)C1CC=CCC1C(=O)O. The van der Waals surface area contributed by atoms with E-state index in [1.54, 1.807) is 0 Å². The molecular weight excluding hydrogens is 258 g/mol. The number of rotatable bonds is 8. The highest BCUT2D eigenvalue weighted by molar-refractivity contribution is 5.85. The predicted octanol–water partition coefficient (Wildman–Crippen LogP) is 1.57. The Morgan fingerprint density at radius 1 is 1.25 bits per heavy atom. The maximum absolute atomic E-state index is 12.2. The molecule has 0 aromatic carbocycles. The van der Waals surface area contributed by atoms with Crippen molar-refractivity contribution in [2.75, 3.05) is 13.2 Å². The van der Waals surface area contributed by atoms with Gasteiger partial charge in [0.05, 0.1) is 11.8 Å². The number of nitrogens with one attached hydrogen (secondary N) is 1. The Hall–Kier alpha value is -1.36. The van der Waals surface area contributed by atoms with E-state index in [1.807, 2.05) is 12.2 Å². The summed E-state index contributed by atoms with van der Waals surface area (Å²) in [5.74, 6) is -1.93. The summed E-state index contributed by atoms with van der Waals surface area (Å²) in [7, 11) is 0. The van der Waals surface area contributed by atoms with Crippen LogP contribution in [0.2, 0.25) is 0 Å². The average Bonchev–Trinajstić information content (AvgIpc) is 2.45. The van der Waals surface area contributed by atoms with Gasteiger partial charge in [0.2, 0.25) is 5.91 Å². The van der Waals surface area contributed by atoms with Crippen LogP contribution in [-0.4, -0.2) is 35.2 Å². The van der Waals surface area contributed by atoms with E-state index in [1.165, 1.54) is 0 Å². The van der Waals surface area contributed by atoms with E-state index in [2.05, 4.69) is 12.2 Å². The van der Waals surface area contributed by atoms with Gasteiger partial charge in [0.1, 0.15) is 0 Å². The Kier molecular flexibility index (Phi) is 7.30. The molecule has 0 radical (unpaired) electrons. The van der Waals surface area contributed by atoms with Gasteiger partial charge in [0.15, 0.2) is 0 Å². The van der Waals surface area contributed by atoms with Crippen molar-refractivity contribution in [2.45, 2.75) is 39.0 Å². The molecule has 1 aliphatic carbocycles. The van der Waals surface area contributed by atoms with Crippen molar-refractivity contribution < 1.29 is 19.8 Å². The molecule has 114 valence electrons. The minimum absolute atomic E-state index is 0.116. The second-order valence-corrected chi connectivity index (χ2v) is 5.41. The molecule has 5 heteroatoms. The number of aliphatic hydroxyl groups is 1. The average molecular weight is 283 g/mol. The van der Waals surface area contributed by atoms with Gasteiger partial charge in [-0.3, -0.25) is 9.59 Å². The second-order valence-electron chi connectivity index (χ2n) is 5.41. The molecule has 0 fully saturated rings. The second kappa shape index (κ2) is 8.74. The molecular formula is C15H25NO4. The van der Waals surface area contributed by atoms with Gasteiger partial charge in [-0.1, -0.05) is 25.5 Å². The van der Waals surface area contributed by atoms with E-state index in [-0.39, 0.29) is 18.4 Å². The molecule has 0 aromatic rings. The molecule has 0 saturated heterocycles. The highest BCUT2D eigenvalue weighted by Gasteiger charge is 2.33. The quantitative estimate of drug-likeness (QED) is 0.590. The van der Waals surface area contributed by atoms with Gasteiger partial charge in [-0.2, -0.15) is 0 Å². The fourth-order valence-electron chi connectivity index (χ4n) is 2.69. The molecule has 0 saturated carbocycles. The molecule has 0 spiro atoms. The van der Waals surface area contributed by atoms with Crippen LogP contribution in [0.5, 0.6) is 0 Å². The van der Waals surface area contributed by atoms with Crippen molar-refractivity contribution >= 4 is 11.9 Å². The first kappa shape index (κ1) is 16.7. The lowest BCUT2D eigenvalue weighted by Gasteiger charge is -2.25. The maximum atomic E-state index is 12.2. The summed E-state index contributed by atoms with van der Waals surface area (Å²) in [6.45, 7) is 2.70. The molecule has 20 heavy (non-hydrogen) atoms. The molecule has 3 N–H and O–H groups in total. The van der Waals surface area contributed by atoms with Crippen LogP contribution in [0.25, 0.3) is 0 Å². The lowest BCUT2D eigenvalue weighted by Crippen LogP contribution is -2.40. The van der Waals surface area contributed by atoms with E-state index >= 15 is 0 Å². The smallest absolute Gasteiger partial charge is 0.307 e. The third-order valence-electron chi connectivity index (χ3n) is 3.89. The summed E-state index contributed by atoms with van der Waals surface area (Å²) in [4.78, 5) is 23.3. The van der Waals surface area contributed by atoms with Gasteiger partial charge in [-0.05, 0) is 31.6 Å². The first-order valence-corrected chi connectivity index (χ1v) is 7.36. The van der Waals surface area contributed by atoms with Crippen molar-refractivity contribution in [1.29, 1.82) is 0 Å². The normalized spacial score (nSPS) is 23.3. The molecule has 5 nitrogen and oxygen atoms in total. The van der Waals surface area contributed by atoms with E-state index < -0.39 is 17.8 Å². The molecule has 1 aliphatic rings. The largest absolute Gasteiger partial charge is 0.481 e. The molecule has 1 rings (SSSR count). The minimum atomic E-state index is -0.907. The van der Waals surface area contributed by atoms with Crippen molar-refractivity contribution in [3.8, 4) is 0 Å². The van der Waals surface area contributed by atoms with E-state index in [0.29, 0.717) is 25.8 Å². The number of carboxylic acids is 1. The Labute approximate surface area is 120 Å². The predicted molar refractivity (Wildman–Crippen MR) is 76.1 cm³/mol. The number of carbonyl (C=O) groups is 2. The summed E-state index contributed by atoms with van der Waals surface area (Å²) in [6.07, 6.45) is 7.23. The monoisotopic (exact) mass is 283 g/mol. The Morgan fingerprint density at radius 3 is 2.45 bits per heavy atom. The number of allylic oxidation sites excluding steroid dienone is 2. The molecule has 0 heterocycles. The van der Waals surface area contributed by atoms with Crippen LogP contribution < -0.4 is 5.32 Å². The van der Waals surface area contributed by atoms with Gasteiger partial charge >= 0.3 is 5.97 Å². The topological polar surface area (TPSA) is 86.6 Å². The maximum Gasteiger partial charge on any atom is 0.307 e. The molecule has 3 unspecified atom stereocenters. The summed E-state index contributed by atoms with van der Waals surface area (Å²) in [5.41, 5.74) is 0. The number of amides is 1. The van der Waals surface area contributed by atoms with Crippen molar-refractivity contribution in [2.24, 2.45) is 17.8 Å². The fraction of sp³-hybridized carbons (Fsp3) is 0.733. The van der Waals surface area contributed by atoms with Crippen molar-refractivity contribution in [3.05, 3.63) is 12.2 Å². The Morgan fingerprint density at radius 2 is 1.90 bits per heavy atom. The molecule has 1 amide bonds. The molecule has 0 aromatic heterocycles. The third kappa shape index (κ3) is 4.96. The first-order valence-electron chi connectivity index (χ1n) is 7.36. The van der Waals surface area contributed by atoms with Gasteiger partial charge in [0, 0.05) is 13.2 Å². The summed E-state index contributed by atoms with van der Waals surface area (Å²) < 4.78 is 0. The van der Waals surface area contributed by atoms with E-state index in [9.17, 15) is 9.59 Å². The number of aliphatic hydroxyl groups excluding tert-OH is 1. The lowest BCUT2D eigenvalue weighted by atomic mass is 9.82. The van der Waals surface area contributed by atoms with Crippen molar-refractivity contribution in [1.82, 2.24) is 5.32 Å². The number of aliphatic carboxylic acids is 1. The summed E-state index contributed by atoms with van der Waals surface area (Å²) >= 11 is 0. The van der Waals surface area contributed by atoms with Gasteiger partial charge in [-0.15, -0.1) is 0 Å². The third-order valence-corrected chi connectivity index (χ3v) is 3.89. The summed E-state index contributed by atoms with van der Waals surface area (Å²) in [6, 6.07) is 0. The number of carboxylic acid groups (broad SMARTS) is 1. The van der Waals surface area contributed by atoms with Crippen LogP contribution in [0.4, 0.5) is 0 Å². The van der Waals surface area contributed by atoms with Gasteiger partial charge in [-0.25, -0.2) is 0 Å². The molecule has 3 atom stereocenters. The van der Waals surface area contributed by atoms with Gasteiger partial charge < -0.3 is 15.5 Å². The number of carbonyl (C=O) groups excluding carboxylic acids is 1. The lowest BCUT2D eigenvalue weighted by molar-refractivity contribution is -0.147. The summed E-state index contributed by atoms with van der Waals surface area (Å²) in [5, 5.41) is 21.0. The van der Waals surface area contributed by atoms with E-state index in [4.69, 9.17) is 10.2 Å². The standard InChI is InChI=1S/C15H25NO4/c1-2-5-11(8-9-17)10-16-14(18)12-6-3-4-7-13(12)15(19)20/h3-4,11-13,17H,2,5-10H2,1H3,(H,16,18)(H,19,20). The zero-order chi connectivity index (χ0) is 15.0. The van der Waals surface area contributed by atoms with Crippen LogP contribution in [0.3, 0.4) is 0 Å². The Balaban J connectivity index is 2.51. The van der Waals surface area contributed by atoms with Crippen LogP contribution >= 0.6 is 0 Å². The van der Waals surface area contributed by atoms with Crippen LogP contribution in [-0.2, 0) is 9.59 Å². The fourth-order valence-corrected chi connectivity index (χ4v) is 2.69. The van der Waals surface area contributed by atoms with Crippen LogP contribution in [0, 0.1) is 17.8 Å². The molecule has 0 bridgehead atoms.